The van der Waals surface area contributed by atoms with Gasteiger partial charge in [0.15, 0.2) is 0 Å². The lowest BCUT2D eigenvalue weighted by atomic mass is 9.98. The predicted molar refractivity (Wildman–Crippen MR) is 117 cm³/mol. The van der Waals surface area contributed by atoms with Gasteiger partial charge >= 0.3 is 11.9 Å². The second-order valence-electron chi connectivity index (χ2n) is 7.22. The van der Waals surface area contributed by atoms with Gasteiger partial charge in [0.2, 0.25) is 0 Å². The number of carbonyl (C=O) groups excluding carboxylic acids is 1. The fourth-order valence-corrected chi connectivity index (χ4v) is 4.55. The Labute approximate surface area is 186 Å². The van der Waals surface area contributed by atoms with Gasteiger partial charge in [0.25, 0.3) is 10.0 Å². The highest BCUT2D eigenvalue weighted by molar-refractivity contribution is 7.92. The normalized spacial score (nSPS) is 16.3. The summed E-state index contributed by atoms with van der Waals surface area (Å²) in [6.07, 6.45) is 2.59. The van der Waals surface area contributed by atoms with Crippen LogP contribution in [0.2, 0.25) is 0 Å². The van der Waals surface area contributed by atoms with Crippen LogP contribution in [0.1, 0.15) is 30.1 Å². The maximum Gasteiger partial charge on any atom is 0.339 e. The second-order valence-corrected chi connectivity index (χ2v) is 8.90. The number of anilines is 2. The summed E-state index contributed by atoms with van der Waals surface area (Å²) in [6, 6.07) is 7.00. The van der Waals surface area contributed by atoms with Crippen molar-refractivity contribution in [3.63, 3.8) is 0 Å². The zero-order valence-corrected chi connectivity index (χ0v) is 18.6. The minimum atomic E-state index is -3.96. The lowest BCUT2D eigenvalue weighted by molar-refractivity contribution is -0.148. The molecule has 2 heterocycles. The van der Waals surface area contributed by atoms with E-state index in [1.54, 1.807) is 11.8 Å². The Bertz CT molecular complexity index is 1090. The molecule has 1 aliphatic heterocycles. The Kier molecular flexibility index (Phi) is 7.18. The summed E-state index contributed by atoms with van der Waals surface area (Å²) >= 11 is 0. The summed E-state index contributed by atoms with van der Waals surface area (Å²) in [5.41, 5.74) is -0.148. The number of ether oxygens (including phenoxy) is 2. The van der Waals surface area contributed by atoms with Crippen molar-refractivity contribution < 1.29 is 32.6 Å². The molecule has 172 valence electrons. The van der Waals surface area contributed by atoms with Crippen molar-refractivity contribution in [2.24, 2.45) is 5.92 Å². The number of hydrogen-bond acceptors (Lipinski definition) is 8. The maximum atomic E-state index is 12.7. The highest BCUT2D eigenvalue weighted by atomic mass is 32.2. The number of aromatic carboxylic acids is 1. The van der Waals surface area contributed by atoms with Gasteiger partial charge in [0.05, 0.1) is 36.4 Å². The van der Waals surface area contributed by atoms with Crippen molar-refractivity contribution in [2.75, 3.05) is 36.4 Å². The summed E-state index contributed by atoms with van der Waals surface area (Å²) in [5.74, 6) is -1.26. The Morgan fingerprint density at radius 3 is 2.62 bits per heavy atom. The molecule has 3 rings (SSSR count). The van der Waals surface area contributed by atoms with E-state index in [9.17, 15) is 23.1 Å². The molecule has 1 aromatic heterocycles. The Hall–Kier alpha value is -3.34. The van der Waals surface area contributed by atoms with Crippen LogP contribution in [-0.2, 0) is 19.6 Å². The van der Waals surface area contributed by atoms with Crippen LogP contribution in [0.3, 0.4) is 0 Å². The van der Waals surface area contributed by atoms with Gasteiger partial charge in [-0.15, -0.1) is 0 Å². The highest BCUT2D eigenvalue weighted by Crippen LogP contribution is 2.28. The molecule has 32 heavy (non-hydrogen) atoms. The SMILES string of the molecule is CCOC(=O)[C@H]1CCCN(c2ncc(NS(=O)(=O)c3ccc(OC)cc3)cc2C(=O)O)C1. The molecule has 0 spiro atoms. The number of rotatable bonds is 8. The van der Waals surface area contributed by atoms with E-state index in [0.717, 1.165) is 0 Å². The monoisotopic (exact) mass is 463 g/mol. The zero-order valence-electron chi connectivity index (χ0n) is 17.8. The first kappa shape index (κ1) is 23.3. The van der Waals surface area contributed by atoms with Crippen molar-refractivity contribution in [3.8, 4) is 5.75 Å². The van der Waals surface area contributed by atoms with Gasteiger partial charge < -0.3 is 19.5 Å². The number of sulfonamides is 1. The topological polar surface area (TPSA) is 135 Å². The zero-order chi connectivity index (χ0) is 23.3. The summed E-state index contributed by atoms with van der Waals surface area (Å²) in [7, 11) is -2.49. The number of aromatic nitrogens is 1. The fraction of sp³-hybridized carbons (Fsp3) is 0.381. The van der Waals surface area contributed by atoms with Crippen molar-refractivity contribution in [1.29, 1.82) is 0 Å². The third-order valence-electron chi connectivity index (χ3n) is 5.06. The van der Waals surface area contributed by atoms with Crippen molar-refractivity contribution in [1.82, 2.24) is 4.98 Å². The first-order valence-corrected chi connectivity index (χ1v) is 11.5. The van der Waals surface area contributed by atoms with Crippen molar-refractivity contribution >= 4 is 33.5 Å². The summed E-state index contributed by atoms with van der Waals surface area (Å²) in [6.45, 7) is 2.81. The molecule has 10 nitrogen and oxygen atoms in total. The van der Waals surface area contributed by atoms with Crippen LogP contribution < -0.4 is 14.4 Å². The quantitative estimate of drug-likeness (QED) is 0.566. The summed E-state index contributed by atoms with van der Waals surface area (Å²) < 4.78 is 37.8. The molecule has 0 saturated carbocycles. The van der Waals surface area contributed by atoms with E-state index in [4.69, 9.17) is 9.47 Å². The van der Waals surface area contributed by atoms with Gasteiger partial charge in [-0.3, -0.25) is 9.52 Å². The number of nitrogens with one attached hydrogen (secondary N) is 1. The van der Waals surface area contributed by atoms with Gasteiger partial charge in [-0.2, -0.15) is 0 Å². The first-order chi connectivity index (χ1) is 15.2. The third kappa shape index (κ3) is 5.28. The number of hydrogen-bond donors (Lipinski definition) is 2. The standard InChI is InChI=1S/C21H25N3O7S/c1-3-31-21(27)14-5-4-10-24(13-14)19-18(20(25)26)11-15(12-22-19)23-32(28,29)17-8-6-16(30-2)7-9-17/h6-9,11-12,14,23H,3-5,10,13H2,1-2H3,(H,25,26)/t14-/m0/s1. The van der Waals surface area contributed by atoms with E-state index < -0.39 is 16.0 Å². The van der Waals surface area contributed by atoms with Crippen LogP contribution >= 0.6 is 0 Å². The Balaban J connectivity index is 1.84. The van der Waals surface area contributed by atoms with E-state index in [2.05, 4.69) is 9.71 Å². The largest absolute Gasteiger partial charge is 0.497 e. The average Bonchev–Trinajstić information content (AvgIpc) is 2.79. The molecular formula is C21H25N3O7S. The number of carbonyl (C=O) groups is 2. The number of carboxylic acids is 1. The van der Waals surface area contributed by atoms with Gasteiger partial charge in [-0.05, 0) is 50.1 Å². The minimum Gasteiger partial charge on any atom is -0.497 e. The Morgan fingerprint density at radius 1 is 1.28 bits per heavy atom. The minimum absolute atomic E-state index is 0.00689. The summed E-state index contributed by atoms with van der Waals surface area (Å²) in [5, 5.41) is 9.70. The molecule has 1 atom stereocenters. The lowest BCUT2D eigenvalue weighted by Crippen LogP contribution is -2.40. The number of esters is 1. The molecule has 0 unspecified atom stereocenters. The molecule has 1 fully saturated rings. The predicted octanol–water partition coefficient (Wildman–Crippen LogP) is 2.37. The fourth-order valence-electron chi connectivity index (χ4n) is 3.51. The summed E-state index contributed by atoms with van der Waals surface area (Å²) in [4.78, 5) is 29.9. The van der Waals surface area contributed by atoms with Crippen molar-refractivity contribution in [3.05, 3.63) is 42.1 Å². The number of piperidine rings is 1. The molecule has 0 bridgehead atoms. The average molecular weight is 464 g/mol. The Morgan fingerprint density at radius 2 is 2.00 bits per heavy atom. The van der Waals surface area contributed by atoms with Gasteiger partial charge in [-0.1, -0.05) is 0 Å². The van der Waals surface area contributed by atoms with Crippen molar-refractivity contribution in [2.45, 2.75) is 24.7 Å². The molecule has 1 aliphatic rings. The first-order valence-electron chi connectivity index (χ1n) is 10.1. The van der Waals surface area contributed by atoms with Crippen LogP contribution in [0, 0.1) is 5.92 Å². The van der Waals surface area contributed by atoms with Crippen LogP contribution in [0.25, 0.3) is 0 Å². The molecule has 0 radical (unpaired) electrons. The smallest absolute Gasteiger partial charge is 0.339 e. The van der Waals surface area contributed by atoms with Crippen LogP contribution in [0.4, 0.5) is 11.5 Å². The van der Waals surface area contributed by atoms with E-state index in [1.807, 2.05) is 0 Å². The van der Waals surface area contributed by atoms with E-state index >= 15 is 0 Å². The molecule has 1 saturated heterocycles. The van der Waals surface area contributed by atoms with Crippen LogP contribution in [-0.4, -0.2) is 57.3 Å². The van der Waals surface area contributed by atoms with Gasteiger partial charge in [-0.25, -0.2) is 18.2 Å². The number of pyridine rings is 1. The number of benzene rings is 1. The van der Waals surface area contributed by atoms with E-state index in [-0.39, 0.29) is 47.0 Å². The maximum absolute atomic E-state index is 12.7. The molecule has 2 aromatic rings. The third-order valence-corrected chi connectivity index (χ3v) is 6.46. The molecule has 11 heteroatoms. The van der Waals surface area contributed by atoms with Crippen LogP contribution in [0.15, 0.2) is 41.4 Å². The number of methoxy groups -OCH3 is 1. The molecule has 2 N–H and O–H groups in total. The molecule has 1 aromatic carbocycles. The van der Waals surface area contributed by atoms with E-state index in [0.29, 0.717) is 25.1 Å². The number of nitrogens with zero attached hydrogens (tertiary/aromatic N) is 2. The molecular weight excluding hydrogens is 438 g/mol. The van der Waals surface area contributed by atoms with E-state index in [1.165, 1.54) is 43.6 Å². The van der Waals surface area contributed by atoms with Gasteiger partial charge in [0.1, 0.15) is 17.1 Å². The highest BCUT2D eigenvalue weighted by Gasteiger charge is 2.30. The van der Waals surface area contributed by atoms with Crippen LogP contribution in [0.5, 0.6) is 5.75 Å². The molecule has 0 amide bonds. The van der Waals surface area contributed by atoms with Gasteiger partial charge in [0, 0.05) is 13.1 Å². The second kappa shape index (κ2) is 9.86. The number of carboxylic acid groups (broad SMARTS) is 1. The molecule has 0 aliphatic carbocycles. The lowest BCUT2D eigenvalue weighted by Gasteiger charge is -2.33.